The molecule has 0 unspecified atom stereocenters. The predicted octanol–water partition coefficient (Wildman–Crippen LogP) is 2.88. The number of rotatable bonds is 5. The topological polar surface area (TPSA) is 70.1 Å². The predicted molar refractivity (Wildman–Crippen MR) is 91.5 cm³/mol. The van der Waals surface area contributed by atoms with E-state index in [0.717, 1.165) is 24.1 Å². The van der Waals surface area contributed by atoms with Gasteiger partial charge in [0.15, 0.2) is 11.6 Å². The zero-order chi connectivity index (χ0) is 15.9. The Morgan fingerprint density at radius 1 is 1.09 bits per heavy atom. The van der Waals surface area contributed by atoms with Gasteiger partial charge in [0.05, 0.1) is 22.7 Å². The number of fused-ring (bicyclic) bond motifs is 1. The van der Waals surface area contributed by atoms with Crippen molar-refractivity contribution in [1.29, 1.82) is 0 Å². The molecule has 1 aromatic heterocycles. The third kappa shape index (κ3) is 3.79. The molecule has 116 valence electrons. The summed E-state index contributed by atoms with van der Waals surface area (Å²) in [6.07, 6.45) is 0.419. The molecule has 22 heavy (non-hydrogen) atoms. The monoisotopic (exact) mass is 318 g/mol. The van der Waals surface area contributed by atoms with E-state index in [1.54, 1.807) is 6.07 Å². The minimum atomic E-state index is 0.0363. The fourth-order valence-electron chi connectivity index (χ4n) is 1.97. The minimum absolute atomic E-state index is 0.0363. The molecular formula is C16H19ClN4O. The molecule has 0 aliphatic heterocycles. The van der Waals surface area contributed by atoms with Crippen molar-refractivity contribution in [3.63, 3.8) is 0 Å². The van der Waals surface area contributed by atoms with Gasteiger partial charge in [0.2, 0.25) is 0 Å². The van der Waals surface area contributed by atoms with Crippen molar-refractivity contribution in [1.82, 2.24) is 9.97 Å². The van der Waals surface area contributed by atoms with E-state index in [-0.39, 0.29) is 6.61 Å². The second-order valence-electron chi connectivity index (χ2n) is 4.58. The Hall–Kier alpha value is -2.03. The number of hydrogen-bond donors (Lipinski definition) is 3. The van der Waals surface area contributed by atoms with Crippen molar-refractivity contribution < 1.29 is 5.11 Å². The second kappa shape index (κ2) is 7.83. The molecule has 0 atom stereocenters. The zero-order valence-electron chi connectivity index (χ0n) is 12.7. The van der Waals surface area contributed by atoms with Gasteiger partial charge in [-0.25, -0.2) is 9.97 Å². The number of aromatic nitrogens is 2. The summed E-state index contributed by atoms with van der Waals surface area (Å²) in [7, 11) is 0. The van der Waals surface area contributed by atoms with Gasteiger partial charge in [-0.1, -0.05) is 23.4 Å². The summed E-state index contributed by atoms with van der Waals surface area (Å²) >= 11 is 6.24. The Balaban J connectivity index is 2.51. The Morgan fingerprint density at radius 2 is 1.68 bits per heavy atom. The molecule has 2 aromatic rings. The van der Waals surface area contributed by atoms with E-state index in [4.69, 9.17) is 16.7 Å². The first-order valence-corrected chi connectivity index (χ1v) is 7.66. The highest BCUT2D eigenvalue weighted by atomic mass is 35.5. The fourth-order valence-corrected chi connectivity index (χ4v) is 2.17. The maximum atomic E-state index is 8.79. The summed E-state index contributed by atoms with van der Waals surface area (Å²) in [6, 6.07) is 3.59. The fraction of sp³-hybridized carbons (Fsp3) is 0.375. The van der Waals surface area contributed by atoms with Crippen LogP contribution >= 0.6 is 11.6 Å². The summed E-state index contributed by atoms with van der Waals surface area (Å²) in [5.41, 5.74) is 2.14. The Morgan fingerprint density at radius 3 is 2.23 bits per heavy atom. The summed E-state index contributed by atoms with van der Waals surface area (Å²) in [5, 5.41) is 15.7. The van der Waals surface area contributed by atoms with Gasteiger partial charge in [-0.3, -0.25) is 0 Å². The molecule has 0 fully saturated rings. The standard InChI is InChI=1S/C16H19ClN4O/c1-3-18-15-16(19-4-2)21-14-10-12(17)11(7-5-6-8-22)9-13(14)20-15/h9-10,22H,3-4,6,8H2,1-2H3,(H,18,20)(H,19,21). The van der Waals surface area contributed by atoms with Crippen LogP contribution in [0.3, 0.4) is 0 Å². The van der Waals surface area contributed by atoms with Gasteiger partial charge in [0, 0.05) is 25.1 Å². The van der Waals surface area contributed by atoms with Crippen molar-refractivity contribution in [2.75, 3.05) is 30.3 Å². The van der Waals surface area contributed by atoms with Gasteiger partial charge < -0.3 is 15.7 Å². The van der Waals surface area contributed by atoms with Crippen LogP contribution in [-0.4, -0.2) is 34.8 Å². The minimum Gasteiger partial charge on any atom is -0.395 e. The highest BCUT2D eigenvalue weighted by molar-refractivity contribution is 6.32. The van der Waals surface area contributed by atoms with Crippen LogP contribution in [-0.2, 0) is 0 Å². The Bertz CT molecular complexity index is 721. The molecule has 0 amide bonds. The van der Waals surface area contributed by atoms with E-state index in [0.29, 0.717) is 28.6 Å². The molecule has 0 saturated heterocycles. The maximum Gasteiger partial charge on any atom is 0.169 e. The van der Waals surface area contributed by atoms with Crippen molar-refractivity contribution in [2.24, 2.45) is 0 Å². The number of anilines is 2. The normalized spacial score (nSPS) is 10.2. The number of nitrogens with one attached hydrogen (secondary N) is 2. The number of hydrogen-bond acceptors (Lipinski definition) is 5. The molecule has 1 heterocycles. The smallest absolute Gasteiger partial charge is 0.169 e. The summed E-state index contributed by atoms with van der Waals surface area (Å²) in [4.78, 5) is 9.17. The van der Waals surface area contributed by atoms with Crippen molar-refractivity contribution in [2.45, 2.75) is 20.3 Å². The average Bonchev–Trinajstić information content (AvgIpc) is 2.50. The molecule has 0 aliphatic carbocycles. The summed E-state index contributed by atoms with van der Waals surface area (Å²) in [6.45, 7) is 5.57. The quantitative estimate of drug-likeness (QED) is 0.740. The van der Waals surface area contributed by atoms with Crippen LogP contribution in [0.4, 0.5) is 11.6 Å². The highest BCUT2D eigenvalue weighted by Gasteiger charge is 2.10. The van der Waals surface area contributed by atoms with Crippen LogP contribution in [0.1, 0.15) is 25.8 Å². The van der Waals surface area contributed by atoms with Gasteiger partial charge in [0.1, 0.15) is 0 Å². The lowest BCUT2D eigenvalue weighted by atomic mass is 10.2. The number of benzene rings is 1. The molecule has 3 N–H and O–H groups in total. The molecule has 5 nitrogen and oxygen atoms in total. The first kappa shape index (κ1) is 16.3. The van der Waals surface area contributed by atoms with E-state index in [9.17, 15) is 0 Å². The van der Waals surface area contributed by atoms with Gasteiger partial charge in [-0.2, -0.15) is 0 Å². The molecular weight excluding hydrogens is 300 g/mol. The second-order valence-corrected chi connectivity index (χ2v) is 4.98. The largest absolute Gasteiger partial charge is 0.395 e. The number of halogens is 1. The van der Waals surface area contributed by atoms with Crippen LogP contribution in [0, 0.1) is 11.8 Å². The lowest BCUT2D eigenvalue weighted by molar-refractivity contribution is 0.305. The lowest BCUT2D eigenvalue weighted by Gasteiger charge is -2.11. The van der Waals surface area contributed by atoms with E-state index >= 15 is 0 Å². The summed E-state index contributed by atoms with van der Waals surface area (Å²) in [5.74, 6) is 7.25. The molecule has 0 radical (unpaired) electrons. The first-order chi connectivity index (χ1) is 10.7. The third-order valence-electron chi connectivity index (χ3n) is 2.90. The van der Waals surface area contributed by atoms with E-state index in [2.05, 4.69) is 32.4 Å². The number of aliphatic hydroxyl groups excluding tert-OH is 1. The molecule has 0 aliphatic rings. The van der Waals surface area contributed by atoms with E-state index in [1.807, 2.05) is 19.9 Å². The van der Waals surface area contributed by atoms with E-state index < -0.39 is 0 Å². The van der Waals surface area contributed by atoms with Crippen molar-refractivity contribution in [3.8, 4) is 11.8 Å². The molecule has 0 saturated carbocycles. The molecule has 2 rings (SSSR count). The Labute approximate surface area is 135 Å². The number of nitrogens with zero attached hydrogens (tertiary/aromatic N) is 2. The maximum absolute atomic E-state index is 8.79. The van der Waals surface area contributed by atoms with Crippen LogP contribution in [0.15, 0.2) is 12.1 Å². The van der Waals surface area contributed by atoms with E-state index in [1.165, 1.54) is 0 Å². The third-order valence-corrected chi connectivity index (χ3v) is 3.21. The van der Waals surface area contributed by atoms with Gasteiger partial charge >= 0.3 is 0 Å². The molecule has 1 aromatic carbocycles. The first-order valence-electron chi connectivity index (χ1n) is 7.28. The Kier molecular flexibility index (Phi) is 5.82. The number of aliphatic hydroxyl groups is 1. The SMILES string of the molecule is CCNc1nc2cc(Cl)c(C#CCCO)cc2nc1NCC. The highest BCUT2D eigenvalue weighted by Crippen LogP contribution is 2.26. The zero-order valence-corrected chi connectivity index (χ0v) is 13.5. The van der Waals surface area contributed by atoms with Crippen molar-refractivity contribution in [3.05, 3.63) is 22.7 Å². The van der Waals surface area contributed by atoms with Gasteiger partial charge in [0.25, 0.3) is 0 Å². The molecule has 0 spiro atoms. The summed E-state index contributed by atoms with van der Waals surface area (Å²) < 4.78 is 0. The molecule has 6 heteroatoms. The van der Waals surface area contributed by atoms with Crippen LogP contribution < -0.4 is 10.6 Å². The molecule has 0 bridgehead atoms. The van der Waals surface area contributed by atoms with Gasteiger partial charge in [-0.15, -0.1) is 0 Å². The van der Waals surface area contributed by atoms with Crippen molar-refractivity contribution >= 4 is 34.3 Å². The van der Waals surface area contributed by atoms with Crippen LogP contribution in [0.25, 0.3) is 11.0 Å². The van der Waals surface area contributed by atoms with Crippen LogP contribution in [0.5, 0.6) is 0 Å². The van der Waals surface area contributed by atoms with Gasteiger partial charge in [-0.05, 0) is 26.0 Å². The lowest BCUT2D eigenvalue weighted by Crippen LogP contribution is -2.08. The van der Waals surface area contributed by atoms with Crippen LogP contribution in [0.2, 0.25) is 5.02 Å². The average molecular weight is 319 g/mol.